The number of ether oxygens (including phenoxy) is 3. The lowest BCUT2D eigenvalue weighted by Gasteiger charge is -2.04. The van der Waals surface area contributed by atoms with Crippen LogP contribution in [-0.2, 0) is 9.53 Å². The fourth-order valence-corrected chi connectivity index (χ4v) is 2.24. The fraction of sp³-hybridized carbons (Fsp3) is 0.111. The van der Waals surface area contributed by atoms with Gasteiger partial charge in [0.15, 0.2) is 5.76 Å². The van der Waals surface area contributed by atoms with Gasteiger partial charge in [-0.1, -0.05) is 18.2 Å². The monoisotopic (exact) mass is 328 g/mol. The maximum Gasteiger partial charge on any atom is 0.337 e. The van der Waals surface area contributed by atoms with Crippen molar-refractivity contribution in [3.8, 4) is 11.5 Å². The molecule has 3 rings (SSSR count). The standard InChI is InChI=1S/C18H13FO5/c1-22-10-17(20)23-12-6-7-13-15(9-12)24-16(18(13)21)8-11-4-2-3-5-14(11)19/h2-9H,10H2,1H3/b16-8-. The molecule has 24 heavy (non-hydrogen) atoms. The Hall–Kier alpha value is -2.99. The van der Waals surface area contributed by atoms with Crippen LogP contribution in [-0.4, -0.2) is 25.5 Å². The first-order valence-corrected chi connectivity index (χ1v) is 7.11. The predicted molar refractivity (Wildman–Crippen MR) is 83.3 cm³/mol. The van der Waals surface area contributed by atoms with Gasteiger partial charge in [-0.05, 0) is 24.3 Å². The maximum atomic E-state index is 13.7. The Balaban J connectivity index is 1.85. The van der Waals surface area contributed by atoms with E-state index in [1.807, 2.05) is 0 Å². The van der Waals surface area contributed by atoms with Gasteiger partial charge in [-0.25, -0.2) is 9.18 Å². The second-order valence-corrected chi connectivity index (χ2v) is 5.03. The van der Waals surface area contributed by atoms with Crippen LogP contribution in [0, 0.1) is 5.82 Å². The van der Waals surface area contributed by atoms with Gasteiger partial charge in [0, 0.05) is 18.7 Å². The lowest BCUT2D eigenvalue weighted by Crippen LogP contribution is -2.14. The highest BCUT2D eigenvalue weighted by Gasteiger charge is 2.28. The van der Waals surface area contributed by atoms with Crippen LogP contribution in [0.4, 0.5) is 4.39 Å². The van der Waals surface area contributed by atoms with Crippen molar-refractivity contribution in [3.05, 3.63) is 65.2 Å². The molecular formula is C18H13FO5. The zero-order valence-electron chi connectivity index (χ0n) is 12.7. The number of carbonyl (C=O) groups is 2. The summed E-state index contributed by atoms with van der Waals surface area (Å²) in [4.78, 5) is 23.7. The number of hydrogen-bond donors (Lipinski definition) is 0. The van der Waals surface area contributed by atoms with Crippen LogP contribution in [0.3, 0.4) is 0 Å². The largest absolute Gasteiger partial charge is 0.452 e. The smallest absolute Gasteiger partial charge is 0.337 e. The molecule has 6 heteroatoms. The van der Waals surface area contributed by atoms with E-state index in [4.69, 9.17) is 9.47 Å². The Morgan fingerprint density at radius 1 is 1.25 bits per heavy atom. The number of methoxy groups -OCH3 is 1. The molecule has 0 aromatic heterocycles. The number of rotatable bonds is 4. The van der Waals surface area contributed by atoms with Crippen LogP contribution in [0.25, 0.3) is 6.08 Å². The molecular weight excluding hydrogens is 315 g/mol. The first-order valence-electron chi connectivity index (χ1n) is 7.11. The average molecular weight is 328 g/mol. The minimum Gasteiger partial charge on any atom is -0.452 e. The fourth-order valence-electron chi connectivity index (χ4n) is 2.24. The molecule has 0 N–H and O–H groups in total. The number of benzene rings is 2. The highest BCUT2D eigenvalue weighted by Crippen LogP contribution is 2.35. The van der Waals surface area contributed by atoms with Gasteiger partial charge in [0.1, 0.15) is 23.9 Å². The Labute approximate surface area is 137 Å². The second kappa shape index (κ2) is 6.64. The molecule has 5 nitrogen and oxygen atoms in total. The van der Waals surface area contributed by atoms with Crippen LogP contribution in [0.2, 0.25) is 0 Å². The van der Waals surface area contributed by atoms with Crippen molar-refractivity contribution in [1.82, 2.24) is 0 Å². The zero-order valence-corrected chi connectivity index (χ0v) is 12.7. The number of hydrogen-bond acceptors (Lipinski definition) is 5. The number of fused-ring (bicyclic) bond motifs is 1. The first kappa shape index (κ1) is 15.9. The van der Waals surface area contributed by atoms with E-state index in [2.05, 4.69) is 4.74 Å². The third-order valence-electron chi connectivity index (χ3n) is 3.33. The molecule has 1 heterocycles. The molecule has 0 saturated carbocycles. The SMILES string of the molecule is COCC(=O)Oc1ccc2c(c1)O/C(=C\c1ccccc1F)C2=O. The van der Waals surface area contributed by atoms with E-state index in [1.165, 1.54) is 37.5 Å². The summed E-state index contributed by atoms with van der Waals surface area (Å²) in [7, 11) is 1.38. The molecule has 0 aliphatic carbocycles. The molecule has 2 aromatic carbocycles. The number of halogens is 1. The number of carbonyl (C=O) groups excluding carboxylic acids is 2. The second-order valence-electron chi connectivity index (χ2n) is 5.03. The molecule has 2 aromatic rings. The van der Waals surface area contributed by atoms with Crippen molar-refractivity contribution >= 4 is 17.8 Å². The van der Waals surface area contributed by atoms with Crippen LogP contribution < -0.4 is 9.47 Å². The van der Waals surface area contributed by atoms with Crippen LogP contribution in [0.5, 0.6) is 11.5 Å². The van der Waals surface area contributed by atoms with Gasteiger partial charge in [-0.3, -0.25) is 4.79 Å². The number of esters is 1. The van der Waals surface area contributed by atoms with E-state index in [0.717, 1.165) is 0 Å². The summed E-state index contributed by atoms with van der Waals surface area (Å²) >= 11 is 0. The lowest BCUT2D eigenvalue weighted by atomic mass is 10.1. The molecule has 122 valence electrons. The molecule has 0 unspecified atom stereocenters. The van der Waals surface area contributed by atoms with Gasteiger partial charge in [0.25, 0.3) is 0 Å². The summed E-state index contributed by atoms with van der Waals surface area (Å²) in [5, 5.41) is 0. The molecule has 0 amide bonds. The highest BCUT2D eigenvalue weighted by molar-refractivity contribution is 6.14. The van der Waals surface area contributed by atoms with Crippen LogP contribution >= 0.6 is 0 Å². The minimum atomic E-state index is -0.566. The van der Waals surface area contributed by atoms with Crippen molar-refractivity contribution in [2.24, 2.45) is 0 Å². The topological polar surface area (TPSA) is 61.8 Å². The van der Waals surface area contributed by atoms with E-state index >= 15 is 0 Å². The highest BCUT2D eigenvalue weighted by atomic mass is 19.1. The molecule has 0 atom stereocenters. The van der Waals surface area contributed by atoms with Crippen molar-refractivity contribution in [2.75, 3.05) is 13.7 Å². The maximum absolute atomic E-state index is 13.7. The van der Waals surface area contributed by atoms with E-state index < -0.39 is 11.8 Å². The molecule has 0 saturated heterocycles. The van der Waals surface area contributed by atoms with E-state index in [-0.39, 0.29) is 35.2 Å². The van der Waals surface area contributed by atoms with Crippen LogP contribution in [0.15, 0.2) is 48.2 Å². The van der Waals surface area contributed by atoms with E-state index in [0.29, 0.717) is 5.56 Å². The van der Waals surface area contributed by atoms with Crippen molar-refractivity contribution in [2.45, 2.75) is 0 Å². The zero-order chi connectivity index (χ0) is 17.1. The van der Waals surface area contributed by atoms with Crippen molar-refractivity contribution in [1.29, 1.82) is 0 Å². The third-order valence-corrected chi connectivity index (χ3v) is 3.33. The Kier molecular flexibility index (Phi) is 4.39. The predicted octanol–water partition coefficient (Wildman–Crippen LogP) is 2.99. The number of ketones is 1. The van der Waals surface area contributed by atoms with Gasteiger partial charge >= 0.3 is 5.97 Å². The van der Waals surface area contributed by atoms with E-state index in [9.17, 15) is 14.0 Å². The Morgan fingerprint density at radius 2 is 2.04 bits per heavy atom. The summed E-state index contributed by atoms with van der Waals surface area (Å²) in [5.41, 5.74) is 0.574. The number of Topliss-reactive ketones (excluding diaryl/α,β-unsaturated/α-hetero) is 1. The lowest BCUT2D eigenvalue weighted by molar-refractivity contribution is -0.138. The molecule has 1 aliphatic heterocycles. The molecule has 0 bridgehead atoms. The molecule has 0 fully saturated rings. The summed E-state index contributed by atoms with van der Waals surface area (Å²) < 4.78 is 28.9. The number of allylic oxidation sites excluding steroid dienone is 1. The summed E-state index contributed by atoms with van der Waals surface area (Å²) in [6.07, 6.45) is 1.34. The Bertz CT molecular complexity index is 841. The van der Waals surface area contributed by atoms with Gasteiger partial charge in [-0.2, -0.15) is 0 Å². The summed E-state index contributed by atoms with van der Waals surface area (Å²) in [6, 6.07) is 10.5. The van der Waals surface area contributed by atoms with Gasteiger partial charge in [0.2, 0.25) is 5.78 Å². The Morgan fingerprint density at radius 3 is 2.79 bits per heavy atom. The van der Waals surface area contributed by atoms with Gasteiger partial charge in [0.05, 0.1) is 5.56 Å². The van der Waals surface area contributed by atoms with Gasteiger partial charge in [-0.15, -0.1) is 0 Å². The van der Waals surface area contributed by atoms with Crippen molar-refractivity contribution < 1.29 is 28.2 Å². The third kappa shape index (κ3) is 3.18. The first-order chi connectivity index (χ1) is 11.6. The summed E-state index contributed by atoms with van der Waals surface area (Å²) in [6.45, 7) is -0.185. The molecule has 0 radical (unpaired) electrons. The molecule has 0 spiro atoms. The average Bonchev–Trinajstić information content (AvgIpc) is 2.85. The van der Waals surface area contributed by atoms with Crippen LogP contribution in [0.1, 0.15) is 15.9 Å². The normalized spacial score (nSPS) is 14.4. The summed E-state index contributed by atoms with van der Waals surface area (Å²) in [5.74, 6) is -0.880. The van der Waals surface area contributed by atoms with Crippen molar-refractivity contribution in [3.63, 3.8) is 0 Å². The van der Waals surface area contributed by atoms with E-state index in [1.54, 1.807) is 18.2 Å². The van der Waals surface area contributed by atoms with Gasteiger partial charge < -0.3 is 14.2 Å². The molecule has 1 aliphatic rings. The quantitative estimate of drug-likeness (QED) is 0.490. The minimum absolute atomic E-state index is 0.00969.